The third-order valence-corrected chi connectivity index (χ3v) is 3.50. The van der Waals surface area contributed by atoms with Crippen molar-refractivity contribution in [2.45, 2.75) is 6.92 Å². The quantitative estimate of drug-likeness (QED) is 0.854. The van der Waals surface area contributed by atoms with Crippen molar-refractivity contribution in [3.63, 3.8) is 0 Å². The Morgan fingerprint density at radius 1 is 1.33 bits per heavy atom. The highest BCUT2D eigenvalue weighted by molar-refractivity contribution is 9.10. The van der Waals surface area contributed by atoms with Crippen LogP contribution in [0.25, 0.3) is 0 Å². The molecule has 0 fully saturated rings. The smallest absolute Gasteiger partial charge is 0.262 e. The lowest BCUT2D eigenvalue weighted by molar-refractivity contribution is -0.118. The van der Waals surface area contributed by atoms with E-state index in [1.807, 2.05) is 19.1 Å². The summed E-state index contributed by atoms with van der Waals surface area (Å²) in [7, 11) is 0. The molecule has 3 nitrogen and oxygen atoms in total. The number of halogens is 3. The van der Waals surface area contributed by atoms with Crippen LogP contribution in [0.5, 0.6) is 5.75 Å². The third kappa shape index (κ3) is 4.44. The standard InChI is InChI=1S/C15H12BrClFNO2/c1-9-2-5-14(11(16)6-9)21-8-15(20)19-13-7-10(17)3-4-12(13)18/h2-7H,8H2,1H3,(H,19,20). The molecule has 110 valence electrons. The summed E-state index contributed by atoms with van der Waals surface area (Å²) < 4.78 is 19.6. The number of ether oxygens (including phenoxy) is 1. The van der Waals surface area contributed by atoms with Gasteiger partial charge in [0.2, 0.25) is 0 Å². The Hall–Kier alpha value is -1.59. The Morgan fingerprint density at radius 2 is 2.10 bits per heavy atom. The highest BCUT2D eigenvalue weighted by atomic mass is 79.9. The van der Waals surface area contributed by atoms with Gasteiger partial charge in [0, 0.05) is 5.02 Å². The molecule has 1 N–H and O–H groups in total. The summed E-state index contributed by atoms with van der Waals surface area (Å²) in [5.41, 5.74) is 1.10. The van der Waals surface area contributed by atoms with Crippen molar-refractivity contribution in [3.8, 4) is 5.75 Å². The van der Waals surface area contributed by atoms with E-state index in [2.05, 4.69) is 21.2 Å². The van der Waals surface area contributed by atoms with E-state index >= 15 is 0 Å². The topological polar surface area (TPSA) is 38.3 Å². The molecule has 0 aliphatic carbocycles. The molecule has 21 heavy (non-hydrogen) atoms. The molecule has 0 aliphatic heterocycles. The van der Waals surface area contributed by atoms with Gasteiger partial charge in [-0.05, 0) is 58.7 Å². The van der Waals surface area contributed by atoms with Gasteiger partial charge in [0.15, 0.2) is 6.61 Å². The molecule has 6 heteroatoms. The summed E-state index contributed by atoms with van der Waals surface area (Å²) in [6.07, 6.45) is 0. The van der Waals surface area contributed by atoms with Crippen molar-refractivity contribution in [1.29, 1.82) is 0 Å². The fourth-order valence-electron chi connectivity index (χ4n) is 1.65. The second-order valence-corrected chi connectivity index (χ2v) is 5.69. The number of hydrogen-bond acceptors (Lipinski definition) is 2. The van der Waals surface area contributed by atoms with Crippen LogP contribution in [0.1, 0.15) is 5.56 Å². The number of benzene rings is 2. The zero-order valence-corrected chi connectivity index (χ0v) is 13.5. The van der Waals surface area contributed by atoms with Gasteiger partial charge in [0.05, 0.1) is 10.2 Å². The number of amides is 1. The van der Waals surface area contributed by atoms with E-state index < -0.39 is 11.7 Å². The van der Waals surface area contributed by atoms with Crippen LogP contribution in [-0.4, -0.2) is 12.5 Å². The minimum absolute atomic E-state index is 0.0269. The van der Waals surface area contributed by atoms with Crippen LogP contribution in [0.2, 0.25) is 5.02 Å². The lowest BCUT2D eigenvalue weighted by Gasteiger charge is -2.10. The maximum Gasteiger partial charge on any atom is 0.262 e. The number of aryl methyl sites for hydroxylation is 1. The van der Waals surface area contributed by atoms with Crippen LogP contribution in [0.3, 0.4) is 0 Å². The zero-order chi connectivity index (χ0) is 15.4. The summed E-state index contributed by atoms with van der Waals surface area (Å²) >= 11 is 9.10. The maximum atomic E-state index is 13.5. The number of carbonyl (C=O) groups is 1. The van der Waals surface area contributed by atoms with Gasteiger partial charge in [0.25, 0.3) is 5.91 Å². The molecule has 1 amide bonds. The summed E-state index contributed by atoms with van der Waals surface area (Å²) in [4.78, 5) is 11.8. The van der Waals surface area contributed by atoms with Gasteiger partial charge in [-0.25, -0.2) is 4.39 Å². The minimum atomic E-state index is -0.552. The summed E-state index contributed by atoms with van der Waals surface area (Å²) in [6, 6.07) is 9.45. The van der Waals surface area contributed by atoms with Gasteiger partial charge >= 0.3 is 0 Å². The number of carbonyl (C=O) groups excluding carboxylic acids is 1. The predicted molar refractivity (Wildman–Crippen MR) is 84.4 cm³/mol. The van der Waals surface area contributed by atoms with E-state index in [1.54, 1.807) is 6.07 Å². The Labute approximate surface area is 135 Å². The fraction of sp³-hybridized carbons (Fsp3) is 0.133. The largest absolute Gasteiger partial charge is 0.483 e. The molecule has 0 aliphatic rings. The molecule has 0 atom stereocenters. The van der Waals surface area contributed by atoms with E-state index in [1.165, 1.54) is 18.2 Å². The van der Waals surface area contributed by atoms with Crippen molar-refractivity contribution >= 4 is 39.1 Å². The highest BCUT2D eigenvalue weighted by Gasteiger charge is 2.09. The molecule has 2 aromatic carbocycles. The summed E-state index contributed by atoms with van der Waals surface area (Å²) in [6.45, 7) is 1.72. The van der Waals surface area contributed by atoms with Crippen LogP contribution < -0.4 is 10.1 Å². The first kappa shape index (κ1) is 15.8. The van der Waals surface area contributed by atoms with E-state index in [4.69, 9.17) is 16.3 Å². The van der Waals surface area contributed by atoms with Crippen LogP contribution in [0.4, 0.5) is 10.1 Å². The van der Waals surface area contributed by atoms with E-state index in [0.29, 0.717) is 10.8 Å². The maximum absolute atomic E-state index is 13.5. The molecule has 2 aromatic rings. The summed E-state index contributed by atoms with van der Waals surface area (Å²) in [5.74, 6) is -0.477. The molecular weight excluding hydrogens is 361 g/mol. The first-order chi connectivity index (χ1) is 9.95. The van der Waals surface area contributed by atoms with E-state index in [9.17, 15) is 9.18 Å². The SMILES string of the molecule is Cc1ccc(OCC(=O)Nc2cc(Cl)ccc2F)c(Br)c1. The molecular formula is C15H12BrClFNO2. The highest BCUT2D eigenvalue weighted by Crippen LogP contribution is 2.25. The second-order valence-electron chi connectivity index (χ2n) is 4.39. The Bertz CT molecular complexity index is 679. The van der Waals surface area contributed by atoms with Crippen molar-refractivity contribution in [2.75, 3.05) is 11.9 Å². The van der Waals surface area contributed by atoms with Gasteiger partial charge in [-0.3, -0.25) is 4.79 Å². The van der Waals surface area contributed by atoms with Gasteiger partial charge in [0.1, 0.15) is 11.6 Å². The van der Waals surface area contributed by atoms with E-state index in [-0.39, 0.29) is 12.3 Å². The Kier molecular flexibility index (Phi) is 5.20. The monoisotopic (exact) mass is 371 g/mol. The molecule has 0 bridgehead atoms. The van der Waals surface area contributed by atoms with Crippen molar-refractivity contribution in [3.05, 3.63) is 57.3 Å². The van der Waals surface area contributed by atoms with Crippen LogP contribution in [0, 0.1) is 12.7 Å². The van der Waals surface area contributed by atoms with Crippen molar-refractivity contribution in [2.24, 2.45) is 0 Å². The molecule has 0 saturated heterocycles. The average molecular weight is 373 g/mol. The Balaban J connectivity index is 1.97. The molecule has 0 spiro atoms. The van der Waals surface area contributed by atoms with Crippen molar-refractivity contribution in [1.82, 2.24) is 0 Å². The van der Waals surface area contributed by atoms with Gasteiger partial charge in [-0.15, -0.1) is 0 Å². The van der Waals surface area contributed by atoms with Crippen LogP contribution in [0.15, 0.2) is 40.9 Å². The van der Waals surface area contributed by atoms with Crippen LogP contribution in [-0.2, 0) is 4.79 Å². The van der Waals surface area contributed by atoms with Crippen molar-refractivity contribution < 1.29 is 13.9 Å². The van der Waals surface area contributed by atoms with Gasteiger partial charge in [-0.2, -0.15) is 0 Å². The third-order valence-electron chi connectivity index (χ3n) is 2.65. The summed E-state index contributed by atoms with van der Waals surface area (Å²) in [5, 5.41) is 2.76. The number of hydrogen-bond donors (Lipinski definition) is 1. The van der Waals surface area contributed by atoms with E-state index in [0.717, 1.165) is 10.0 Å². The number of rotatable bonds is 4. The van der Waals surface area contributed by atoms with Gasteiger partial charge in [-0.1, -0.05) is 17.7 Å². The lowest BCUT2D eigenvalue weighted by atomic mass is 10.2. The number of anilines is 1. The first-order valence-corrected chi connectivity index (χ1v) is 7.26. The molecule has 0 radical (unpaired) electrons. The normalized spacial score (nSPS) is 10.3. The average Bonchev–Trinajstić information content (AvgIpc) is 2.42. The molecule has 0 unspecified atom stereocenters. The first-order valence-electron chi connectivity index (χ1n) is 6.09. The molecule has 0 aromatic heterocycles. The molecule has 0 heterocycles. The Morgan fingerprint density at radius 3 is 2.81 bits per heavy atom. The minimum Gasteiger partial charge on any atom is -0.483 e. The van der Waals surface area contributed by atoms with Gasteiger partial charge < -0.3 is 10.1 Å². The lowest BCUT2D eigenvalue weighted by Crippen LogP contribution is -2.20. The fourth-order valence-corrected chi connectivity index (χ4v) is 2.43. The predicted octanol–water partition coefficient (Wildman–Crippen LogP) is 4.57. The van der Waals surface area contributed by atoms with Crippen LogP contribution >= 0.6 is 27.5 Å². The number of nitrogens with one attached hydrogen (secondary N) is 1. The second kappa shape index (κ2) is 6.91. The molecule has 0 saturated carbocycles. The zero-order valence-electron chi connectivity index (χ0n) is 11.1. The molecule has 2 rings (SSSR count).